The number of sulfonamides is 1. The highest BCUT2D eigenvalue weighted by Crippen LogP contribution is 2.25. The largest absolute Gasteiger partial charge is 0.477 e. The van der Waals surface area contributed by atoms with Gasteiger partial charge in [-0.2, -0.15) is 0 Å². The summed E-state index contributed by atoms with van der Waals surface area (Å²) in [5, 5.41) is 8.84. The zero-order chi connectivity index (χ0) is 13.2. The molecule has 0 aliphatic heterocycles. The van der Waals surface area contributed by atoms with Gasteiger partial charge in [0.15, 0.2) is 0 Å². The molecule has 0 spiro atoms. The molecule has 0 saturated carbocycles. The molecule has 0 atom stereocenters. The lowest BCUT2D eigenvalue weighted by Crippen LogP contribution is -2.24. The number of thiophene rings is 1. The smallest absolute Gasteiger partial charge is 0.346 e. The maximum Gasteiger partial charge on any atom is 0.346 e. The van der Waals surface area contributed by atoms with Gasteiger partial charge >= 0.3 is 5.97 Å². The fourth-order valence-electron chi connectivity index (χ4n) is 1.09. The average Bonchev–Trinajstić information content (AvgIpc) is 2.58. The van der Waals surface area contributed by atoms with E-state index in [0.717, 1.165) is 11.3 Å². The Morgan fingerprint density at radius 1 is 1.59 bits per heavy atom. The highest BCUT2D eigenvalue weighted by molar-refractivity contribution is 7.91. The van der Waals surface area contributed by atoms with E-state index in [4.69, 9.17) is 5.11 Å². The third kappa shape index (κ3) is 3.39. The second-order valence-electron chi connectivity index (χ2n) is 3.66. The van der Waals surface area contributed by atoms with Crippen molar-refractivity contribution in [2.75, 3.05) is 6.54 Å². The minimum atomic E-state index is -3.65. The van der Waals surface area contributed by atoms with Crippen LogP contribution in [-0.2, 0) is 10.0 Å². The van der Waals surface area contributed by atoms with Crippen LogP contribution in [0.4, 0.5) is 0 Å². The molecule has 0 bridgehead atoms. The van der Waals surface area contributed by atoms with E-state index in [1.807, 2.05) is 0 Å². The normalized spacial score (nSPS) is 11.4. The monoisotopic (exact) mass is 275 g/mol. The maximum absolute atomic E-state index is 11.8. The highest BCUT2D eigenvalue weighted by Gasteiger charge is 2.21. The van der Waals surface area contributed by atoms with Crippen molar-refractivity contribution < 1.29 is 18.3 Å². The van der Waals surface area contributed by atoms with Gasteiger partial charge in [0.05, 0.1) is 0 Å². The summed E-state index contributed by atoms with van der Waals surface area (Å²) in [5.41, 5.74) is 1.12. The van der Waals surface area contributed by atoms with E-state index in [-0.39, 0.29) is 15.6 Å². The molecule has 0 saturated heterocycles. The van der Waals surface area contributed by atoms with Gasteiger partial charge in [-0.3, -0.25) is 0 Å². The molecule has 7 heteroatoms. The molecular formula is C10H13NO4S2. The summed E-state index contributed by atoms with van der Waals surface area (Å²) in [7, 11) is -3.65. The van der Waals surface area contributed by atoms with Gasteiger partial charge in [-0.15, -0.1) is 11.3 Å². The Balaban J connectivity index is 3.04. The molecule has 5 nitrogen and oxygen atoms in total. The molecule has 1 aromatic heterocycles. The average molecular weight is 275 g/mol. The quantitative estimate of drug-likeness (QED) is 0.800. The van der Waals surface area contributed by atoms with Crippen LogP contribution in [0.5, 0.6) is 0 Å². The number of carbonyl (C=O) groups is 1. The van der Waals surface area contributed by atoms with Crippen LogP contribution in [-0.4, -0.2) is 26.0 Å². The number of hydrogen-bond donors (Lipinski definition) is 2. The van der Waals surface area contributed by atoms with Gasteiger partial charge in [-0.1, -0.05) is 12.2 Å². The Kier molecular flexibility index (Phi) is 4.07. The summed E-state index contributed by atoms with van der Waals surface area (Å²) < 4.78 is 25.9. The Hall–Kier alpha value is -1.18. The van der Waals surface area contributed by atoms with E-state index >= 15 is 0 Å². The number of nitrogens with one attached hydrogen (secondary N) is 1. The molecular weight excluding hydrogens is 262 g/mol. The number of aromatic carboxylic acids is 1. The van der Waals surface area contributed by atoms with Crippen LogP contribution in [0.1, 0.15) is 22.2 Å². The lowest BCUT2D eigenvalue weighted by Gasteiger charge is -2.03. The molecule has 0 amide bonds. The summed E-state index contributed by atoms with van der Waals surface area (Å²) >= 11 is 0.747. The van der Waals surface area contributed by atoms with Crippen LogP contribution in [0, 0.1) is 6.92 Å². The SMILES string of the molecule is C=C(C)CNS(=O)(=O)c1cc(C)c(C(=O)O)s1. The van der Waals surface area contributed by atoms with Gasteiger partial charge in [0, 0.05) is 6.54 Å². The van der Waals surface area contributed by atoms with E-state index in [0.29, 0.717) is 11.1 Å². The van der Waals surface area contributed by atoms with Crippen molar-refractivity contribution in [2.45, 2.75) is 18.1 Å². The molecule has 0 unspecified atom stereocenters. The molecule has 1 rings (SSSR count). The maximum atomic E-state index is 11.8. The highest BCUT2D eigenvalue weighted by atomic mass is 32.2. The third-order valence-electron chi connectivity index (χ3n) is 1.92. The number of aryl methyl sites for hydroxylation is 1. The molecule has 0 aliphatic rings. The van der Waals surface area contributed by atoms with Crippen molar-refractivity contribution in [1.29, 1.82) is 0 Å². The van der Waals surface area contributed by atoms with Gasteiger partial charge in [0.2, 0.25) is 10.0 Å². The van der Waals surface area contributed by atoms with E-state index < -0.39 is 16.0 Å². The fraction of sp³-hybridized carbons (Fsp3) is 0.300. The minimum absolute atomic E-state index is 0.00801. The zero-order valence-corrected chi connectivity index (χ0v) is 11.1. The van der Waals surface area contributed by atoms with Crippen molar-refractivity contribution in [1.82, 2.24) is 4.72 Å². The summed E-state index contributed by atoms with van der Waals surface area (Å²) in [5.74, 6) is -1.12. The predicted octanol–water partition coefficient (Wildman–Crippen LogP) is 1.61. The van der Waals surface area contributed by atoms with Crippen LogP contribution in [0.2, 0.25) is 0 Å². The summed E-state index contributed by atoms with van der Waals surface area (Å²) in [6.07, 6.45) is 0. The molecule has 17 heavy (non-hydrogen) atoms. The van der Waals surface area contributed by atoms with Crippen LogP contribution in [0.15, 0.2) is 22.4 Å². The van der Waals surface area contributed by atoms with Crippen LogP contribution < -0.4 is 4.72 Å². The Bertz CT molecular complexity index is 557. The van der Waals surface area contributed by atoms with Crippen molar-refractivity contribution in [3.8, 4) is 0 Å². The fourth-order valence-corrected chi connectivity index (χ4v) is 3.61. The zero-order valence-electron chi connectivity index (χ0n) is 9.48. The molecule has 0 fully saturated rings. The number of rotatable bonds is 5. The van der Waals surface area contributed by atoms with E-state index in [1.165, 1.54) is 6.07 Å². The number of carboxylic acid groups (broad SMARTS) is 1. The first-order valence-corrected chi connectivity index (χ1v) is 7.02. The van der Waals surface area contributed by atoms with Crippen LogP contribution in [0.25, 0.3) is 0 Å². The number of hydrogen-bond acceptors (Lipinski definition) is 4. The van der Waals surface area contributed by atoms with Crippen LogP contribution >= 0.6 is 11.3 Å². The molecule has 1 heterocycles. The first-order valence-electron chi connectivity index (χ1n) is 4.72. The van der Waals surface area contributed by atoms with Crippen molar-refractivity contribution in [3.63, 3.8) is 0 Å². The van der Waals surface area contributed by atoms with Crippen LogP contribution in [0.3, 0.4) is 0 Å². The second kappa shape index (κ2) is 4.99. The third-order valence-corrected chi connectivity index (χ3v) is 5.02. The summed E-state index contributed by atoms with van der Waals surface area (Å²) in [6, 6.07) is 1.36. The molecule has 0 aliphatic carbocycles. The topological polar surface area (TPSA) is 83.5 Å². The summed E-state index contributed by atoms with van der Waals surface area (Å²) in [6.45, 7) is 6.99. The molecule has 0 aromatic carbocycles. The van der Waals surface area contributed by atoms with Crippen molar-refractivity contribution >= 4 is 27.3 Å². The Labute approximate surface area is 104 Å². The molecule has 1 aromatic rings. The van der Waals surface area contributed by atoms with Gasteiger partial charge in [0.1, 0.15) is 9.09 Å². The lowest BCUT2D eigenvalue weighted by atomic mass is 10.3. The lowest BCUT2D eigenvalue weighted by molar-refractivity contribution is 0.0701. The van der Waals surface area contributed by atoms with Gasteiger partial charge in [0.25, 0.3) is 0 Å². The first kappa shape index (κ1) is 13.9. The predicted molar refractivity (Wildman–Crippen MR) is 66.0 cm³/mol. The number of carboxylic acids is 1. The molecule has 2 N–H and O–H groups in total. The molecule has 0 radical (unpaired) electrons. The second-order valence-corrected chi connectivity index (χ2v) is 6.71. The minimum Gasteiger partial charge on any atom is -0.477 e. The van der Waals surface area contributed by atoms with E-state index in [1.54, 1.807) is 13.8 Å². The van der Waals surface area contributed by atoms with Gasteiger partial charge in [-0.05, 0) is 25.5 Å². The summed E-state index contributed by atoms with van der Waals surface area (Å²) in [4.78, 5) is 10.9. The van der Waals surface area contributed by atoms with Crippen molar-refractivity contribution in [3.05, 3.63) is 28.7 Å². The Morgan fingerprint density at radius 3 is 2.59 bits per heavy atom. The van der Waals surface area contributed by atoms with E-state index in [2.05, 4.69) is 11.3 Å². The first-order chi connectivity index (χ1) is 7.74. The van der Waals surface area contributed by atoms with E-state index in [9.17, 15) is 13.2 Å². The van der Waals surface area contributed by atoms with Gasteiger partial charge in [-0.25, -0.2) is 17.9 Å². The van der Waals surface area contributed by atoms with Crippen molar-refractivity contribution in [2.24, 2.45) is 0 Å². The Morgan fingerprint density at radius 2 is 2.18 bits per heavy atom. The molecule has 94 valence electrons. The standard InChI is InChI=1S/C10H13NO4S2/c1-6(2)5-11-17(14,15)8-4-7(3)9(16-8)10(12)13/h4,11H,1,5H2,2-3H3,(H,12,13). The van der Waals surface area contributed by atoms with Gasteiger partial charge < -0.3 is 5.11 Å².